The van der Waals surface area contributed by atoms with E-state index in [1.807, 2.05) is 0 Å². The van der Waals surface area contributed by atoms with E-state index in [4.69, 9.17) is 0 Å². The number of benzene rings is 1. The molecule has 1 aromatic carbocycles. The quantitative estimate of drug-likeness (QED) is 0.651. The molecule has 0 fully saturated rings. The maximum Gasteiger partial charge on any atom is 0.274 e. The SMILES string of the molecule is Cc1c(-n2cccc2CO)cccc1[N+](=O)[O-]. The van der Waals surface area contributed by atoms with Crippen LogP contribution in [0.3, 0.4) is 0 Å². The molecule has 88 valence electrons. The average Bonchev–Trinajstić information content (AvgIpc) is 2.76. The van der Waals surface area contributed by atoms with Gasteiger partial charge >= 0.3 is 0 Å². The van der Waals surface area contributed by atoms with Gasteiger partial charge in [-0.1, -0.05) is 6.07 Å². The lowest BCUT2D eigenvalue weighted by atomic mass is 10.1. The number of aliphatic hydroxyl groups excluding tert-OH is 1. The molecule has 2 rings (SSSR count). The van der Waals surface area contributed by atoms with Gasteiger partial charge in [-0.2, -0.15) is 0 Å². The number of rotatable bonds is 3. The summed E-state index contributed by atoms with van der Waals surface area (Å²) in [4.78, 5) is 10.4. The summed E-state index contributed by atoms with van der Waals surface area (Å²) in [5.41, 5.74) is 2.09. The van der Waals surface area contributed by atoms with Crippen molar-refractivity contribution in [3.8, 4) is 5.69 Å². The predicted octanol–water partition coefficient (Wildman–Crippen LogP) is 2.19. The Balaban J connectivity index is 2.60. The molecule has 0 aliphatic rings. The molecule has 17 heavy (non-hydrogen) atoms. The predicted molar refractivity (Wildman–Crippen MR) is 63.1 cm³/mol. The zero-order chi connectivity index (χ0) is 12.4. The number of nitro benzene ring substituents is 1. The maximum absolute atomic E-state index is 10.8. The lowest BCUT2D eigenvalue weighted by Crippen LogP contribution is -2.02. The topological polar surface area (TPSA) is 68.3 Å². The van der Waals surface area contributed by atoms with Gasteiger partial charge in [0.15, 0.2) is 0 Å². The van der Waals surface area contributed by atoms with E-state index in [0.717, 1.165) is 0 Å². The molecule has 0 aliphatic heterocycles. The lowest BCUT2D eigenvalue weighted by molar-refractivity contribution is -0.385. The molecule has 0 unspecified atom stereocenters. The Hall–Kier alpha value is -2.14. The molecule has 0 amide bonds. The lowest BCUT2D eigenvalue weighted by Gasteiger charge is -2.10. The van der Waals surface area contributed by atoms with E-state index in [9.17, 15) is 15.2 Å². The van der Waals surface area contributed by atoms with Crippen LogP contribution in [0.1, 0.15) is 11.3 Å². The highest BCUT2D eigenvalue weighted by Crippen LogP contribution is 2.25. The van der Waals surface area contributed by atoms with Gasteiger partial charge in [0.05, 0.1) is 22.8 Å². The van der Waals surface area contributed by atoms with E-state index in [2.05, 4.69) is 0 Å². The highest BCUT2D eigenvalue weighted by molar-refractivity contribution is 5.53. The van der Waals surface area contributed by atoms with Gasteiger partial charge in [0.1, 0.15) is 0 Å². The Morgan fingerprint density at radius 2 is 2.12 bits per heavy atom. The molecule has 1 heterocycles. The van der Waals surface area contributed by atoms with Crippen molar-refractivity contribution >= 4 is 5.69 Å². The third-order valence-electron chi connectivity index (χ3n) is 2.73. The zero-order valence-electron chi connectivity index (χ0n) is 9.33. The number of hydrogen-bond donors (Lipinski definition) is 1. The summed E-state index contributed by atoms with van der Waals surface area (Å²) in [6.45, 7) is 1.60. The standard InChI is InChI=1S/C12H12N2O3/c1-9-11(5-2-6-12(9)14(16)17)13-7-3-4-10(13)8-15/h2-7,15H,8H2,1H3. The van der Waals surface area contributed by atoms with Crippen molar-refractivity contribution in [3.05, 3.63) is 57.9 Å². The van der Waals surface area contributed by atoms with E-state index in [1.165, 1.54) is 6.07 Å². The molecule has 0 saturated carbocycles. The number of aromatic nitrogens is 1. The van der Waals surface area contributed by atoms with Crippen LogP contribution in [0.2, 0.25) is 0 Å². The van der Waals surface area contributed by atoms with Crippen LogP contribution in [0, 0.1) is 17.0 Å². The minimum Gasteiger partial charge on any atom is -0.390 e. The summed E-state index contributed by atoms with van der Waals surface area (Å²) in [7, 11) is 0. The average molecular weight is 232 g/mol. The largest absolute Gasteiger partial charge is 0.390 e. The van der Waals surface area contributed by atoms with Crippen molar-refractivity contribution in [2.24, 2.45) is 0 Å². The van der Waals surface area contributed by atoms with Gasteiger partial charge in [-0.15, -0.1) is 0 Å². The molecule has 0 saturated heterocycles. The molecule has 0 atom stereocenters. The third-order valence-corrected chi connectivity index (χ3v) is 2.73. The first-order chi connectivity index (χ1) is 8.15. The summed E-state index contributed by atoms with van der Waals surface area (Å²) in [6.07, 6.45) is 1.78. The Bertz CT molecular complexity index is 561. The highest BCUT2D eigenvalue weighted by Gasteiger charge is 2.15. The van der Waals surface area contributed by atoms with Crippen LogP contribution in [-0.4, -0.2) is 14.6 Å². The maximum atomic E-state index is 10.8. The monoisotopic (exact) mass is 232 g/mol. The van der Waals surface area contributed by atoms with Crippen molar-refractivity contribution in [3.63, 3.8) is 0 Å². The Morgan fingerprint density at radius 3 is 2.76 bits per heavy atom. The van der Waals surface area contributed by atoms with Crippen molar-refractivity contribution in [1.29, 1.82) is 0 Å². The fourth-order valence-electron chi connectivity index (χ4n) is 1.85. The van der Waals surface area contributed by atoms with Crippen molar-refractivity contribution in [1.82, 2.24) is 4.57 Å². The van der Waals surface area contributed by atoms with Crippen molar-refractivity contribution in [2.75, 3.05) is 0 Å². The molecule has 5 heteroatoms. The van der Waals surface area contributed by atoms with Crippen molar-refractivity contribution < 1.29 is 10.0 Å². The minimum atomic E-state index is -0.402. The fourth-order valence-corrected chi connectivity index (χ4v) is 1.85. The van der Waals surface area contributed by atoms with Gasteiger partial charge < -0.3 is 9.67 Å². The van der Waals surface area contributed by atoms with Crippen LogP contribution in [0.15, 0.2) is 36.5 Å². The highest BCUT2D eigenvalue weighted by atomic mass is 16.6. The minimum absolute atomic E-state index is 0.0834. The van der Waals surface area contributed by atoms with Crippen molar-refractivity contribution in [2.45, 2.75) is 13.5 Å². The number of nitrogens with zero attached hydrogens (tertiary/aromatic N) is 2. The van der Waals surface area contributed by atoms with Gasteiger partial charge in [0, 0.05) is 18.0 Å². The first kappa shape index (κ1) is 11.3. The summed E-state index contributed by atoms with van der Waals surface area (Å²) in [6, 6.07) is 8.48. The second kappa shape index (κ2) is 4.39. The van der Waals surface area contributed by atoms with Crippen LogP contribution in [0.5, 0.6) is 0 Å². The molecule has 0 spiro atoms. The van der Waals surface area contributed by atoms with Gasteiger partial charge in [-0.3, -0.25) is 10.1 Å². The number of aliphatic hydroxyl groups is 1. The van der Waals surface area contributed by atoms with Gasteiger partial charge in [0.2, 0.25) is 0 Å². The molecule has 5 nitrogen and oxygen atoms in total. The molecule has 1 aromatic heterocycles. The van der Waals surface area contributed by atoms with E-state index >= 15 is 0 Å². The first-order valence-corrected chi connectivity index (χ1v) is 5.16. The second-order valence-corrected chi connectivity index (χ2v) is 3.71. The summed E-state index contributed by atoms with van der Waals surface area (Å²) in [5.74, 6) is 0. The Kier molecular flexibility index (Phi) is 2.93. The van der Waals surface area contributed by atoms with E-state index in [1.54, 1.807) is 42.0 Å². The van der Waals surface area contributed by atoms with Crippen LogP contribution in [0.25, 0.3) is 5.69 Å². The molecule has 2 aromatic rings. The number of nitro groups is 1. The summed E-state index contributed by atoms with van der Waals surface area (Å²) < 4.78 is 1.75. The second-order valence-electron chi connectivity index (χ2n) is 3.71. The van der Waals surface area contributed by atoms with E-state index in [-0.39, 0.29) is 12.3 Å². The van der Waals surface area contributed by atoms with Crippen LogP contribution >= 0.6 is 0 Å². The van der Waals surface area contributed by atoms with Gasteiger partial charge in [0.25, 0.3) is 5.69 Å². The first-order valence-electron chi connectivity index (χ1n) is 5.16. The summed E-state index contributed by atoms with van der Waals surface area (Å²) >= 11 is 0. The van der Waals surface area contributed by atoms with Gasteiger partial charge in [-0.05, 0) is 25.1 Å². The molecule has 0 aliphatic carbocycles. The Morgan fingerprint density at radius 1 is 1.35 bits per heavy atom. The third kappa shape index (κ3) is 1.92. The summed E-state index contributed by atoms with van der Waals surface area (Å²) in [5, 5.41) is 20.0. The molecule has 1 N–H and O–H groups in total. The zero-order valence-corrected chi connectivity index (χ0v) is 9.33. The Labute approximate surface area is 98.1 Å². The van der Waals surface area contributed by atoms with E-state index < -0.39 is 4.92 Å². The molecule has 0 bridgehead atoms. The van der Waals surface area contributed by atoms with E-state index in [0.29, 0.717) is 16.9 Å². The van der Waals surface area contributed by atoms with Crippen LogP contribution in [-0.2, 0) is 6.61 Å². The fraction of sp³-hybridized carbons (Fsp3) is 0.167. The molecular formula is C12H12N2O3. The molecular weight excluding hydrogens is 220 g/mol. The van der Waals surface area contributed by atoms with Gasteiger partial charge in [-0.25, -0.2) is 0 Å². The number of hydrogen-bond acceptors (Lipinski definition) is 3. The normalized spacial score (nSPS) is 10.5. The molecule has 0 radical (unpaired) electrons. The van der Waals surface area contributed by atoms with Crippen LogP contribution in [0.4, 0.5) is 5.69 Å². The smallest absolute Gasteiger partial charge is 0.274 e. The van der Waals surface area contributed by atoms with Crippen LogP contribution < -0.4 is 0 Å².